The fourth-order valence-corrected chi connectivity index (χ4v) is 4.00. The molecule has 204 valence electrons. The Morgan fingerprint density at radius 2 is 1.26 bits per heavy atom. The molecule has 11 heteroatoms. The summed E-state index contributed by atoms with van der Waals surface area (Å²) in [6.07, 6.45) is 1.11. The van der Waals surface area contributed by atoms with E-state index in [1.165, 1.54) is 6.92 Å². The Labute approximate surface area is 227 Å². The van der Waals surface area contributed by atoms with Crippen LogP contribution in [0.15, 0.2) is 65.7 Å². The zero-order valence-corrected chi connectivity index (χ0v) is 22.1. The summed E-state index contributed by atoms with van der Waals surface area (Å²) in [4.78, 5) is 54.9. The number of guanidine groups is 1. The van der Waals surface area contributed by atoms with Crippen LogP contribution in [0.1, 0.15) is 30.9 Å². The minimum atomic E-state index is -1.01. The fraction of sp³-hybridized carbons (Fsp3) is 0.370. The maximum absolute atomic E-state index is 13.4. The lowest BCUT2D eigenvalue weighted by atomic mass is 10.0. The number of benzene rings is 2. The summed E-state index contributed by atoms with van der Waals surface area (Å²) in [6, 6.07) is 15.6. The van der Waals surface area contributed by atoms with E-state index in [2.05, 4.69) is 20.9 Å². The predicted octanol–water partition coefficient (Wildman–Crippen LogP) is 0.808. The number of nitrogens with two attached hydrogens (primary N) is 2. The van der Waals surface area contributed by atoms with Crippen LogP contribution >= 0.6 is 11.6 Å². The Morgan fingerprint density at radius 1 is 0.789 bits per heavy atom. The number of hydrogen-bond donors (Lipinski definition) is 5. The molecule has 2 aromatic rings. The van der Waals surface area contributed by atoms with Crippen LogP contribution < -0.4 is 27.4 Å². The zero-order chi connectivity index (χ0) is 27.9. The Bertz CT molecular complexity index is 1090. The molecular weight excluding hydrogens is 508 g/mol. The molecule has 0 aromatic heterocycles. The highest BCUT2D eigenvalue weighted by Gasteiger charge is 2.29. The Morgan fingerprint density at radius 3 is 1.71 bits per heavy atom. The van der Waals surface area contributed by atoms with Gasteiger partial charge in [-0.1, -0.05) is 60.7 Å². The molecule has 3 unspecified atom stereocenters. The molecule has 0 aliphatic carbocycles. The topological polar surface area (TPSA) is 169 Å². The van der Waals surface area contributed by atoms with Crippen LogP contribution in [-0.2, 0) is 32.0 Å². The van der Waals surface area contributed by atoms with E-state index in [0.29, 0.717) is 6.42 Å². The number of ketones is 1. The summed E-state index contributed by atoms with van der Waals surface area (Å²) in [6.45, 7) is 1.61. The quantitative estimate of drug-likeness (QED) is 0.0965. The number of nitrogens with zero attached hydrogens (tertiary/aromatic N) is 1. The number of halogens is 1. The van der Waals surface area contributed by atoms with Gasteiger partial charge >= 0.3 is 0 Å². The van der Waals surface area contributed by atoms with E-state index < -0.39 is 29.9 Å². The van der Waals surface area contributed by atoms with Crippen molar-refractivity contribution in [2.45, 2.75) is 50.7 Å². The highest BCUT2D eigenvalue weighted by atomic mass is 35.5. The van der Waals surface area contributed by atoms with Gasteiger partial charge in [0.05, 0.1) is 11.9 Å². The van der Waals surface area contributed by atoms with Crippen LogP contribution in [0.3, 0.4) is 0 Å². The molecule has 38 heavy (non-hydrogen) atoms. The first kappa shape index (κ1) is 30.3. The minimum absolute atomic E-state index is 0.0656. The highest BCUT2D eigenvalue weighted by molar-refractivity contribution is 6.28. The average molecular weight is 543 g/mol. The maximum Gasteiger partial charge on any atom is 0.243 e. The molecule has 3 atom stereocenters. The summed E-state index contributed by atoms with van der Waals surface area (Å²) in [5.74, 6) is -2.16. The Balaban J connectivity index is 2.22. The van der Waals surface area contributed by atoms with Crippen molar-refractivity contribution >= 4 is 41.1 Å². The highest BCUT2D eigenvalue weighted by Crippen LogP contribution is 2.09. The SMILES string of the molecule is CC(=O)NC(Cc1ccccc1)C(=O)NC(Cc1ccccc1)C(=O)NC(CCCN=C(N)N)C(=O)CCl. The van der Waals surface area contributed by atoms with E-state index in [9.17, 15) is 19.2 Å². The van der Waals surface area contributed by atoms with Crippen LogP contribution in [0.4, 0.5) is 0 Å². The van der Waals surface area contributed by atoms with Gasteiger partial charge in [-0.15, -0.1) is 11.6 Å². The second-order valence-electron chi connectivity index (χ2n) is 8.80. The van der Waals surface area contributed by atoms with Gasteiger partial charge in [0.25, 0.3) is 0 Å². The fourth-order valence-electron chi connectivity index (χ4n) is 3.82. The van der Waals surface area contributed by atoms with Gasteiger partial charge in [-0.25, -0.2) is 0 Å². The molecule has 3 amide bonds. The molecule has 2 aromatic carbocycles. The van der Waals surface area contributed by atoms with E-state index in [1.807, 2.05) is 60.7 Å². The van der Waals surface area contributed by atoms with Gasteiger partial charge in [-0.3, -0.25) is 24.2 Å². The summed E-state index contributed by atoms with van der Waals surface area (Å²) < 4.78 is 0. The molecule has 0 fully saturated rings. The third-order valence-electron chi connectivity index (χ3n) is 5.67. The van der Waals surface area contributed by atoms with Crippen molar-refractivity contribution in [2.24, 2.45) is 16.5 Å². The van der Waals surface area contributed by atoms with Gasteiger partial charge < -0.3 is 27.4 Å². The number of amides is 3. The summed E-state index contributed by atoms with van der Waals surface area (Å²) in [5.41, 5.74) is 12.3. The summed E-state index contributed by atoms with van der Waals surface area (Å²) >= 11 is 5.78. The van der Waals surface area contributed by atoms with Crippen molar-refractivity contribution in [3.05, 3.63) is 71.8 Å². The number of rotatable bonds is 15. The van der Waals surface area contributed by atoms with Crippen LogP contribution in [-0.4, -0.2) is 60.0 Å². The van der Waals surface area contributed by atoms with E-state index in [4.69, 9.17) is 23.1 Å². The predicted molar refractivity (Wildman–Crippen MR) is 147 cm³/mol. The molecule has 0 heterocycles. The van der Waals surface area contributed by atoms with Crippen molar-refractivity contribution in [3.63, 3.8) is 0 Å². The van der Waals surface area contributed by atoms with Crippen LogP contribution in [0.25, 0.3) is 0 Å². The molecular formula is C27H35ClN6O4. The molecule has 2 rings (SSSR count). The van der Waals surface area contributed by atoms with Crippen molar-refractivity contribution in [3.8, 4) is 0 Å². The van der Waals surface area contributed by atoms with E-state index in [1.54, 1.807) is 0 Å². The average Bonchev–Trinajstić information content (AvgIpc) is 2.89. The van der Waals surface area contributed by atoms with E-state index >= 15 is 0 Å². The van der Waals surface area contributed by atoms with Gasteiger partial charge in [-0.2, -0.15) is 0 Å². The number of aliphatic imine (C=N–C) groups is 1. The standard InChI is InChI=1S/C27H35ClN6O4/c1-18(35)32-22(15-19-9-4-2-5-10-19)25(37)34-23(16-20-11-6-3-7-12-20)26(38)33-21(24(36)17-28)13-8-14-31-27(29)30/h2-7,9-12,21-23H,8,13-17H2,1H3,(H,32,35)(H,33,38)(H,34,37)(H4,29,30,31). The number of nitrogens with one attached hydrogen (secondary N) is 3. The van der Waals surface area contributed by atoms with Crippen LogP contribution in [0, 0.1) is 0 Å². The van der Waals surface area contributed by atoms with Crippen molar-refractivity contribution < 1.29 is 19.2 Å². The summed E-state index contributed by atoms with van der Waals surface area (Å²) in [7, 11) is 0. The largest absolute Gasteiger partial charge is 0.370 e. The van der Waals surface area contributed by atoms with E-state index in [0.717, 1.165) is 11.1 Å². The molecule has 0 aliphatic rings. The number of carbonyl (C=O) groups is 4. The van der Waals surface area contributed by atoms with Gasteiger partial charge in [0.2, 0.25) is 17.7 Å². The third-order valence-corrected chi connectivity index (χ3v) is 5.94. The Kier molecular flexibility index (Phi) is 12.8. The van der Waals surface area contributed by atoms with Crippen molar-refractivity contribution in [1.29, 1.82) is 0 Å². The molecule has 0 radical (unpaired) electrons. The second-order valence-corrected chi connectivity index (χ2v) is 9.07. The minimum Gasteiger partial charge on any atom is -0.370 e. The van der Waals surface area contributed by atoms with Crippen LogP contribution in [0.5, 0.6) is 0 Å². The van der Waals surface area contributed by atoms with E-state index in [-0.39, 0.29) is 49.3 Å². The normalized spacial score (nSPS) is 12.9. The second kappa shape index (κ2) is 16.0. The molecule has 0 spiro atoms. The lowest BCUT2D eigenvalue weighted by molar-refractivity contribution is -0.133. The van der Waals surface area contributed by atoms with Crippen molar-refractivity contribution in [1.82, 2.24) is 16.0 Å². The molecule has 7 N–H and O–H groups in total. The molecule has 10 nitrogen and oxygen atoms in total. The first-order valence-corrected chi connectivity index (χ1v) is 12.8. The van der Waals surface area contributed by atoms with Gasteiger partial charge in [-0.05, 0) is 24.0 Å². The zero-order valence-electron chi connectivity index (χ0n) is 21.4. The molecule has 0 saturated carbocycles. The lowest BCUT2D eigenvalue weighted by Crippen LogP contribution is -2.56. The number of Topliss-reactive ketones (excluding diaryl/α,β-unsaturated/α-hetero) is 1. The first-order valence-electron chi connectivity index (χ1n) is 12.3. The number of carbonyl (C=O) groups excluding carboxylic acids is 4. The monoisotopic (exact) mass is 542 g/mol. The summed E-state index contributed by atoms with van der Waals surface area (Å²) in [5, 5.41) is 8.16. The van der Waals surface area contributed by atoms with Crippen molar-refractivity contribution in [2.75, 3.05) is 12.4 Å². The first-order chi connectivity index (χ1) is 18.2. The van der Waals surface area contributed by atoms with Gasteiger partial charge in [0.15, 0.2) is 11.7 Å². The van der Waals surface area contributed by atoms with Crippen LogP contribution in [0.2, 0.25) is 0 Å². The Hall–Kier alpha value is -3.92. The molecule has 0 aliphatic heterocycles. The lowest BCUT2D eigenvalue weighted by Gasteiger charge is -2.25. The van der Waals surface area contributed by atoms with Gasteiger partial charge in [0, 0.05) is 26.3 Å². The number of alkyl halides is 1. The maximum atomic E-state index is 13.4. The third kappa shape index (κ3) is 11.0. The molecule has 0 bridgehead atoms. The smallest absolute Gasteiger partial charge is 0.243 e. The number of hydrogen-bond acceptors (Lipinski definition) is 5. The molecule has 0 saturated heterocycles. The van der Waals surface area contributed by atoms with Gasteiger partial charge in [0.1, 0.15) is 12.1 Å².